The minimum atomic E-state index is -0.822. The van der Waals surface area contributed by atoms with Crippen molar-refractivity contribution in [1.29, 1.82) is 0 Å². The monoisotopic (exact) mass is 556 g/mol. The number of aliphatic hydroxyl groups excluding tert-OH is 2. The van der Waals surface area contributed by atoms with Gasteiger partial charge in [0.05, 0.1) is 11.2 Å². The molecule has 1 aromatic heterocycles. The number of aromatic nitrogens is 2. The Morgan fingerprint density at radius 2 is 1.68 bits per heavy atom. The number of benzene rings is 1. The van der Waals surface area contributed by atoms with Crippen LogP contribution >= 0.6 is 0 Å². The van der Waals surface area contributed by atoms with Gasteiger partial charge in [-0.2, -0.15) is 5.10 Å². The van der Waals surface area contributed by atoms with Crippen LogP contribution in [0, 0.1) is 5.92 Å². The molecule has 1 aromatic carbocycles. The number of anilines is 1. The van der Waals surface area contributed by atoms with Crippen LogP contribution in [-0.2, 0) is 16.6 Å². The van der Waals surface area contributed by atoms with Crippen molar-refractivity contribution >= 4 is 28.6 Å². The van der Waals surface area contributed by atoms with Crippen LogP contribution in [0.1, 0.15) is 64.5 Å². The Balaban J connectivity index is 1.13. The molecule has 220 valence electrons. The maximum Gasteiger partial charge on any atom is 0.410 e. The standard InChI is InChI=1S/C29H44N6O5/c1-29(2,3)40-28(39)35-15-13-34(14-16-35)25(37)17-19-9-11-33(12-10-19)20-5-6-21-23(18-20)32(4)31-26(21)22-7-8-24(36)30-27(22)38/h5-6,18-19,22,24,27,30,36,38H,7-17H2,1-4H3. The first-order valence-corrected chi connectivity index (χ1v) is 14.6. The van der Waals surface area contributed by atoms with Crippen LogP contribution in [-0.4, -0.2) is 99.1 Å². The maximum absolute atomic E-state index is 13.0. The number of carbonyl (C=O) groups is 2. The number of piperidine rings is 2. The molecule has 0 bridgehead atoms. The molecule has 0 aliphatic carbocycles. The predicted octanol–water partition coefficient (Wildman–Crippen LogP) is 2.36. The smallest absolute Gasteiger partial charge is 0.410 e. The summed E-state index contributed by atoms with van der Waals surface area (Å²) in [6.07, 6.45) is 1.92. The van der Waals surface area contributed by atoms with E-state index in [9.17, 15) is 19.8 Å². The number of piperazine rings is 1. The highest BCUT2D eigenvalue weighted by Gasteiger charge is 2.33. The van der Waals surface area contributed by atoms with Gasteiger partial charge >= 0.3 is 6.09 Å². The highest BCUT2D eigenvalue weighted by molar-refractivity contribution is 5.86. The summed E-state index contributed by atoms with van der Waals surface area (Å²) in [6, 6.07) is 6.39. The SMILES string of the molecule is Cn1nc(C2CCC(O)NC2O)c2ccc(N3CCC(CC(=O)N4CCN(C(=O)OC(C)(C)C)CC4)CC3)cc21. The number of amides is 2. The number of hydrogen-bond acceptors (Lipinski definition) is 8. The van der Waals surface area contributed by atoms with Crippen molar-refractivity contribution in [2.24, 2.45) is 13.0 Å². The predicted molar refractivity (Wildman–Crippen MR) is 152 cm³/mol. The number of fused-ring (bicyclic) bond motifs is 1. The summed E-state index contributed by atoms with van der Waals surface area (Å²) in [6.45, 7) is 9.49. The zero-order chi connectivity index (χ0) is 28.6. The number of carbonyl (C=O) groups excluding carboxylic acids is 2. The molecule has 3 aliphatic rings. The van der Waals surface area contributed by atoms with Crippen molar-refractivity contribution in [3.8, 4) is 0 Å². The molecule has 11 nitrogen and oxygen atoms in total. The van der Waals surface area contributed by atoms with Crippen LogP contribution < -0.4 is 10.2 Å². The molecule has 40 heavy (non-hydrogen) atoms. The zero-order valence-corrected chi connectivity index (χ0v) is 24.2. The Bertz CT molecular complexity index is 1210. The molecule has 5 rings (SSSR count). The van der Waals surface area contributed by atoms with Gasteiger partial charge in [-0.15, -0.1) is 0 Å². The molecule has 3 atom stereocenters. The van der Waals surface area contributed by atoms with Crippen molar-refractivity contribution < 1.29 is 24.5 Å². The molecule has 0 radical (unpaired) electrons. The van der Waals surface area contributed by atoms with Crippen LogP contribution in [0.15, 0.2) is 18.2 Å². The molecule has 3 N–H and O–H groups in total. The second-order valence-corrected chi connectivity index (χ2v) is 12.5. The van der Waals surface area contributed by atoms with E-state index >= 15 is 0 Å². The Kier molecular flexibility index (Phi) is 8.26. The van der Waals surface area contributed by atoms with E-state index in [1.54, 1.807) is 4.90 Å². The van der Waals surface area contributed by atoms with Gasteiger partial charge in [-0.1, -0.05) is 0 Å². The molecule has 3 unspecified atom stereocenters. The van der Waals surface area contributed by atoms with Crippen molar-refractivity contribution in [2.45, 2.75) is 76.9 Å². The topological polar surface area (TPSA) is 123 Å². The number of aryl methyl sites for hydroxylation is 1. The lowest BCUT2D eigenvalue weighted by atomic mass is 9.91. The number of rotatable bonds is 4. The summed E-state index contributed by atoms with van der Waals surface area (Å²) in [5.74, 6) is 0.375. The number of ether oxygens (including phenoxy) is 1. The molecule has 0 spiro atoms. The average molecular weight is 557 g/mol. The first-order chi connectivity index (χ1) is 19.0. The molecule has 3 fully saturated rings. The summed E-state index contributed by atoms with van der Waals surface area (Å²) in [7, 11) is 1.93. The third-order valence-corrected chi connectivity index (χ3v) is 8.44. The Morgan fingerprint density at radius 1 is 1.00 bits per heavy atom. The van der Waals surface area contributed by atoms with Gasteiger partial charge < -0.3 is 29.6 Å². The summed E-state index contributed by atoms with van der Waals surface area (Å²) in [5.41, 5.74) is 2.50. The zero-order valence-electron chi connectivity index (χ0n) is 24.2. The lowest BCUT2D eigenvalue weighted by molar-refractivity contribution is -0.134. The van der Waals surface area contributed by atoms with E-state index in [2.05, 4.69) is 28.4 Å². The molecule has 11 heteroatoms. The summed E-state index contributed by atoms with van der Waals surface area (Å²) < 4.78 is 7.34. The Hall–Kier alpha value is -2.89. The Labute approximate surface area is 236 Å². The molecular weight excluding hydrogens is 512 g/mol. The summed E-state index contributed by atoms with van der Waals surface area (Å²) in [4.78, 5) is 31.3. The fourth-order valence-electron chi connectivity index (χ4n) is 6.16. The van der Waals surface area contributed by atoms with Gasteiger partial charge in [0, 0.05) is 69.7 Å². The maximum atomic E-state index is 13.0. The number of aliphatic hydroxyl groups is 2. The van der Waals surface area contributed by atoms with E-state index in [1.807, 2.05) is 37.4 Å². The second kappa shape index (κ2) is 11.5. The third kappa shape index (κ3) is 6.37. The lowest BCUT2D eigenvalue weighted by Gasteiger charge is -2.37. The van der Waals surface area contributed by atoms with Crippen molar-refractivity contribution in [3.05, 3.63) is 23.9 Å². The first-order valence-electron chi connectivity index (χ1n) is 14.6. The van der Waals surface area contributed by atoms with E-state index in [0.717, 1.165) is 48.2 Å². The van der Waals surface area contributed by atoms with Crippen molar-refractivity contribution in [2.75, 3.05) is 44.2 Å². The molecule has 2 amide bonds. The molecule has 3 aliphatic heterocycles. The molecule has 3 saturated heterocycles. The van der Waals surface area contributed by atoms with Gasteiger partial charge in [-0.3, -0.25) is 14.8 Å². The minimum absolute atomic E-state index is 0.161. The quantitative estimate of drug-likeness (QED) is 0.525. The number of nitrogens with one attached hydrogen (secondary N) is 1. The van der Waals surface area contributed by atoms with E-state index in [0.29, 0.717) is 51.4 Å². The third-order valence-electron chi connectivity index (χ3n) is 8.44. The van der Waals surface area contributed by atoms with E-state index in [-0.39, 0.29) is 17.9 Å². The largest absolute Gasteiger partial charge is 0.444 e. The highest BCUT2D eigenvalue weighted by Crippen LogP contribution is 2.35. The van der Waals surface area contributed by atoms with Gasteiger partial charge in [0.15, 0.2) is 0 Å². The minimum Gasteiger partial charge on any atom is -0.444 e. The molecule has 0 saturated carbocycles. The molecular formula is C29H44N6O5. The van der Waals surface area contributed by atoms with Gasteiger partial charge in [-0.25, -0.2) is 4.79 Å². The average Bonchev–Trinajstić information content (AvgIpc) is 3.23. The van der Waals surface area contributed by atoms with Gasteiger partial charge in [-0.05, 0) is 70.6 Å². The van der Waals surface area contributed by atoms with E-state index < -0.39 is 18.1 Å². The highest BCUT2D eigenvalue weighted by atomic mass is 16.6. The van der Waals surface area contributed by atoms with Crippen LogP contribution in [0.3, 0.4) is 0 Å². The Morgan fingerprint density at radius 3 is 2.33 bits per heavy atom. The first kappa shape index (κ1) is 28.6. The van der Waals surface area contributed by atoms with Crippen molar-refractivity contribution in [1.82, 2.24) is 24.9 Å². The van der Waals surface area contributed by atoms with Gasteiger partial charge in [0.1, 0.15) is 18.1 Å². The molecule has 4 heterocycles. The van der Waals surface area contributed by atoms with Crippen LogP contribution in [0.25, 0.3) is 10.9 Å². The van der Waals surface area contributed by atoms with E-state index in [1.165, 1.54) is 0 Å². The van der Waals surface area contributed by atoms with Gasteiger partial charge in [0.25, 0.3) is 0 Å². The van der Waals surface area contributed by atoms with Crippen LogP contribution in [0.4, 0.5) is 10.5 Å². The molecule has 2 aromatic rings. The normalized spacial score (nSPS) is 24.9. The number of hydrogen-bond donors (Lipinski definition) is 3. The summed E-state index contributed by atoms with van der Waals surface area (Å²) in [5, 5.41) is 28.9. The lowest BCUT2D eigenvalue weighted by Crippen LogP contribution is -2.52. The second-order valence-electron chi connectivity index (χ2n) is 12.5. The fraction of sp³-hybridized carbons (Fsp3) is 0.690. The summed E-state index contributed by atoms with van der Waals surface area (Å²) >= 11 is 0. The van der Waals surface area contributed by atoms with E-state index in [4.69, 9.17) is 9.84 Å². The van der Waals surface area contributed by atoms with Crippen LogP contribution in [0.5, 0.6) is 0 Å². The van der Waals surface area contributed by atoms with Gasteiger partial charge in [0.2, 0.25) is 5.91 Å². The fourth-order valence-corrected chi connectivity index (χ4v) is 6.16. The number of nitrogens with zero attached hydrogens (tertiary/aromatic N) is 5. The van der Waals surface area contributed by atoms with Crippen LogP contribution in [0.2, 0.25) is 0 Å². The van der Waals surface area contributed by atoms with Crippen molar-refractivity contribution in [3.63, 3.8) is 0 Å².